The lowest BCUT2D eigenvalue weighted by Gasteiger charge is -2.15. The van der Waals surface area contributed by atoms with Crippen LogP contribution in [0.4, 0.5) is 11.4 Å². The highest BCUT2D eigenvalue weighted by atomic mass is 16.6. The Hall–Kier alpha value is -3.30. The van der Waals surface area contributed by atoms with Gasteiger partial charge in [0.2, 0.25) is 5.91 Å². The summed E-state index contributed by atoms with van der Waals surface area (Å²) in [6.07, 6.45) is 0. The van der Waals surface area contributed by atoms with Crippen LogP contribution in [0.3, 0.4) is 0 Å². The highest BCUT2D eigenvalue weighted by Gasteiger charge is 2.55. The molecule has 1 fully saturated rings. The van der Waals surface area contributed by atoms with Gasteiger partial charge in [0.25, 0.3) is 11.6 Å². The quantitative estimate of drug-likeness (QED) is 0.346. The average molecular weight is 318 g/mol. The number of carbonyl (C=O) groups excluding carboxylic acids is 3. The second kappa shape index (κ2) is 5.16. The monoisotopic (exact) mass is 318 g/mol. The number of anilines is 1. The van der Waals surface area contributed by atoms with Gasteiger partial charge in [-0.15, -0.1) is 0 Å². The molecule has 10 heteroatoms. The molecule has 0 spiro atoms. The van der Waals surface area contributed by atoms with E-state index in [4.69, 9.17) is 0 Å². The number of imide groups is 1. The van der Waals surface area contributed by atoms with Gasteiger partial charge >= 0.3 is 5.97 Å². The number of non-ortho nitro benzene ring substituents is 1. The van der Waals surface area contributed by atoms with Crippen molar-refractivity contribution in [3.8, 4) is 0 Å². The maximum absolute atomic E-state index is 12.5. The summed E-state index contributed by atoms with van der Waals surface area (Å²) >= 11 is 0. The number of methoxy groups -OCH3 is 1. The van der Waals surface area contributed by atoms with Gasteiger partial charge in [-0.05, 0) is 6.07 Å². The minimum Gasteiger partial charge on any atom is -0.464 e. The Morgan fingerprint density at radius 1 is 1.39 bits per heavy atom. The zero-order valence-corrected chi connectivity index (χ0v) is 11.8. The molecule has 1 saturated heterocycles. The Bertz CT molecular complexity index is 773. The largest absolute Gasteiger partial charge is 0.464 e. The van der Waals surface area contributed by atoms with E-state index in [1.54, 1.807) is 0 Å². The normalized spacial score (nSPS) is 22.5. The molecule has 0 aliphatic carbocycles. The number of benzene rings is 1. The Morgan fingerprint density at radius 2 is 2.13 bits per heavy atom. The Labute approximate surface area is 128 Å². The van der Waals surface area contributed by atoms with Crippen LogP contribution in [0.15, 0.2) is 29.4 Å². The second-order valence-corrected chi connectivity index (χ2v) is 4.86. The molecule has 1 aromatic carbocycles. The van der Waals surface area contributed by atoms with Crippen LogP contribution in [0.5, 0.6) is 0 Å². The molecule has 3 rings (SSSR count). The van der Waals surface area contributed by atoms with Crippen LogP contribution in [0, 0.1) is 16.0 Å². The maximum atomic E-state index is 12.5. The predicted molar refractivity (Wildman–Crippen MR) is 75.5 cm³/mol. The molecule has 23 heavy (non-hydrogen) atoms. The van der Waals surface area contributed by atoms with Crippen molar-refractivity contribution in [2.45, 2.75) is 6.04 Å². The van der Waals surface area contributed by atoms with Gasteiger partial charge in [0.05, 0.1) is 17.7 Å². The lowest BCUT2D eigenvalue weighted by atomic mass is 9.99. The van der Waals surface area contributed by atoms with Crippen LogP contribution in [-0.2, 0) is 19.1 Å². The van der Waals surface area contributed by atoms with Crippen molar-refractivity contribution >= 4 is 34.9 Å². The number of nitrogens with one attached hydrogen (secondary N) is 1. The highest BCUT2D eigenvalue weighted by molar-refractivity contribution is 6.46. The van der Waals surface area contributed by atoms with E-state index in [-0.39, 0.29) is 17.1 Å². The molecule has 1 aromatic rings. The molecule has 2 atom stereocenters. The van der Waals surface area contributed by atoms with Crippen molar-refractivity contribution in [3.63, 3.8) is 0 Å². The summed E-state index contributed by atoms with van der Waals surface area (Å²) in [5.41, 5.74) is 2.06. The molecule has 2 amide bonds. The van der Waals surface area contributed by atoms with E-state index in [9.17, 15) is 24.5 Å². The third-order valence-corrected chi connectivity index (χ3v) is 3.62. The number of hydrogen-bond acceptors (Lipinski definition) is 8. The van der Waals surface area contributed by atoms with Gasteiger partial charge in [-0.2, -0.15) is 5.10 Å². The van der Waals surface area contributed by atoms with Crippen LogP contribution >= 0.6 is 0 Å². The average Bonchev–Trinajstić information content (AvgIpc) is 3.08. The van der Waals surface area contributed by atoms with Gasteiger partial charge in [0.1, 0.15) is 12.0 Å². The molecule has 0 aromatic heterocycles. The van der Waals surface area contributed by atoms with Gasteiger partial charge in [0.15, 0.2) is 5.71 Å². The minimum absolute atomic E-state index is 0.0645. The van der Waals surface area contributed by atoms with Gasteiger partial charge < -0.3 is 4.74 Å². The fraction of sp³-hybridized carbons (Fsp3) is 0.231. The van der Waals surface area contributed by atoms with Crippen molar-refractivity contribution < 1.29 is 24.0 Å². The number of esters is 1. The Kier molecular flexibility index (Phi) is 3.28. The van der Waals surface area contributed by atoms with Crippen molar-refractivity contribution in [1.29, 1.82) is 0 Å². The fourth-order valence-electron chi connectivity index (χ4n) is 2.56. The zero-order chi connectivity index (χ0) is 16.7. The Balaban J connectivity index is 1.98. The number of amides is 2. The minimum atomic E-state index is -1.10. The Morgan fingerprint density at radius 3 is 2.78 bits per heavy atom. The van der Waals surface area contributed by atoms with E-state index in [1.807, 2.05) is 0 Å². The zero-order valence-electron chi connectivity index (χ0n) is 11.8. The van der Waals surface area contributed by atoms with Crippen LogP contribution in [0.2, 0.25) is 0 Å². The second-order valence-electron chi connectivity index (χ2n) is 4.86. The van der Waals surface area contributed by atoms with E-state index < -0.39 is 34.7 Å². The number of hydrogen-bond donors (Lipinski definition) is 1. The van der Waals surface area contributed by atoms with E-state index in [1.165, 1.54) is 18.2 Å². The standard InChI is InChI=1S/C13H10N4O6/c1-23-13(20)10-8-9(14-15-10)12(19)16(11(8)18)6-3-2-4-7(5-6)17(21)22/h2-5,8-9,14H,1H3/t8-,9+/m0/s1. The molecule has 0 radical (unpaired) electrons. The van der Waals surface area contributed by atoms with E-state index in [0.29, 0.717) is 0 Å². The number of nitro benzene ring substituents is 1. The first kappa shape index (κ1) is 14.6. The molecule has 10 nitrogen and oxygen atoms in total. The summed E-state index contributed by atoms with van der Waals surface area (Å²) in [4.78, 5) is 47.5. The lowest BCUT2D eigenvalue weighted by Crippen LogP contribution is -2.36. The van der Waals surface area contributed by atoms with Gasteiger partial charge in [0, 0.05) is 12.1 Å². The molecule has 2 heterocycles. The van der Waals surface area contributed by atoms with Gasteiger partial charge in [-0.3, -0.25) is 25.1 Å². The number of carbonyl (C=O) groups is 3. The lowest BCUT2D eigenvalue weighted by molar-refractivity contribution is -0.384. The molecule has 2 aliphatic heterocycles. The summed E-state index contributed by atoms with van der Waals surface area (Å²) < 4.78 is 4.54. The summed E-state index contributed by atoms with van der Waals surface area (Å²) in [6.45, 7) is 0. The number of nitro groups is 1. The van der Waals surface area contributed by atoms with E-state index in [0.717, 1.165) is 18.1 Å². The van der Waals surface area contributed by atoms with Crippen molar-refractivity contribution in [2.75, 3.05) is 12.0 Å². The topological polar surface area (TPSA) is 131 Å². The summed E-state index contributed by atoms with van der Waals surface area (Å²) in [7, 11) is 1.14. The van der Waals surface area contributed by atoms with Crippen molar-refractivity contribution in [2.24, 2.45) is 11.0 Å². The number of ether oxygens (including phenoxy) is 1. The van der Waals surface area contributed by atoms with E-state index >= 15 is 0 Å². The number of nitrogens with zero attached hydrogens (tertiary/aromatic N) is 3. The molecule has 0 unspecified atom stereocenters. The molecule has 2 aliphatic rings. The summed E-state index contributed by atoms with van der Waals surface area (Å²) in [5.74, 6) is -3.24. The number of rotatable bonds is 3. The SMILES string of the molecule is COC(=O)C1=NN[C@H]2C(=O)N(c3cccc([N+](=O)[O-])c3)C(=O)[C@H]12. The molecule has 1 N–H and O–H groups in total. The van der Waals surface area contributed by atoms with Crippen molar-refractivity contribution in [1.82, 2.24) is 5.43 Å². The third kappa shape index (κ3) is 2.11. The molecular weight excluding hydrogens is 308 g/mol. The fourth-order valence-corrected chi connectivity index (χ4v) is 2.56. The van der Waals surface area contributed by atoms with E-state index in [2.05, 4.69) is 15.3 Å². The third-order valence-electron chi connectivity index (χ3n) is 3.62. The van der Waals surface area contributed by atoms with Crippen LogP contribution < -0.4 is 10.3 Å². The summed E-state index contributed by atoms with van der Waals surface area (Å²) in [5, 5.41) is 14.5. The first-order valence-electron chi connectivity index (χ1n) is 6.49. The number of hydrazone groups is 1. The maximum Gasteiger partial charge on any atom is 0.355 e. The van der Waals surface area contributed by atoms with Crippen molar-refractivity contribution in [3.05, 3.63) is 34.4 Å². The number of fused-ring (bicyclic) bond motifs is 1. The first-order chi connectivity index (χ1) is 11.0. The molecular formula is C13H10N4O6. The predicted octanol–water partition coefficient (Wildman–Crippen LogP) is -0.415. The first-order valence-corrected chi connectivity index (χ1v) is 6.49. The van der Waals surface area contributed by atoms with Crippen LogP contribution in [0.25, 0.3) is 0 Å². The van der Waals surface area contributed by atoms with Crippen LogP contribution in [0.1, 0.15) is 0 Å². The highest BCUT2D eigenvalue weighted by Crippen LogP contribution is 2.32. The van der Waals surface area contributed by atoms with Gasteiger partial charge in [-0.25, -0.2) is 9.69 Å². The molecule has 0 saturated carbocycles. The molecule has 0 bridgehead atoms. The van der Waals surface area contributed by atoms with Gasteiger partial charge in [-0.1, -0.05) is 6.07 Å². The summed E-state index contributed by atoms with van der Waals surface area (Å²) in [6, 6.07) is 4.11. The van der Waals surface area contributed by atoms with Crippen LogP contribution in [-0.4, -0.2) is 41.6 Å². The smallest absolute Gasteiger partial charge is 0.355 e. The molecule has 118 valence electrons.